The first kappa shape index (κ1) is 11.5. The maximum atomic E-state index is 9.57. The van der Waals surface area contributed by atoms with E-state index in [0.717, 1.165) is 5.76 Å². The molecule has 17 heavy (non-hydrogen) atoms. The van der Waals surface area contributed by atoms with Gasteiger partial charge in [-0.25, -0.2) is 4.98 Å². The van der Waals surface area contributed by atoms with Gasteiger partial charge in [0.2, 0.25) is 5.89 Å². The molecular weight excluding hydrogens is 220 g/mol. The highest BCUT2D eigenvalue weighted by molar-refractivity contribution is 5.44. The SMILES string of the molecule is Cc1cnc(CNCc2cccc(O)c2O)o1. The molecule has 0 aliphatic heterocycles. The van der Waals surface area contributed by atoms with Gasteiger partial charge >= 0.3 is 0 Å². The Kier molecular flexibility index (Phi) is 3.30. The molecule has 0 fully saturated rings. The van der Waals surface area contributed by atoms with Crippen LogP contribution < -0.4 is 5.32 Å². The molecule has 0 spiro atoms. The molecule has 0 bridgehead atoms. The van der Waals surface area contributed by atoms with Crippen LogP contribution in [0, 0.1) is 6.92 Å². The molecule has 0 amide bonds. The van der Waals surface area contributed by atoms with Gasteiger partial charge in [-0.1, -0.05) is 12.1 Å². The van der Waals surface area contributed by atoms with E-state index in [2.05, 4.69) is 10.3 Å². The number of hydrogen-bond donors (Lipinski definition) is 3. The van der Waals surface area contributed by atoms with E-state index < -0.39 is 0 Å². The Morgan fingerprint density at radius 2 is 2.12 bits per heavy atom. The summed E-state index contributed by atoms with van der Waals surface area (Å²) in [6.45, 7) is 2.74. The van der Waals surface area contributed by atoms with E-state index >= 15 is 0 Å². The van der Waals surface area contributed by atoms with Gasteiger partial charge in [0.15, 0.2) is 11.5 Å². The molecular formula is C12H14N2O3. The molecule has 2 aromatic rings. The highest BCUT2D eigenvalue weighted by Crippen LogP contribution is 2.27. The highest BCUT2D eigenvalue weighted by atomic mass is 16.4. The van der Waals surface area contributed by atoms with Crippen molar-refractivity contribution < 1.29 is 14.6 Å². The molecule has 5 nitrogen and oxygen atoms in total. The number of oxazole rings is 1. The van der Waals surface area contributed by atoms with Crippen LogP contribution >= 0.6 is 0 Å². The van der Waals surface area contributed by atoms with E-state index in [1.165, 1.54) is 6.07 Å². The van der Waals surface area contributed by atoms with Crippen molar-refractivity contribution in [3.8, 4) is 11.5 Å². The zero-order valence-electron chi connectivity index (χ0n) is 9.47. The summed E-state index contributed by atoms with van der Waals surface area (Å²) in [5, 5.41) is 22.0. The molecule has 1 aromatic carbocycles. The van der Waals surface area contributed by atoms with Gasteiger partial charge in [0.05, 0.1) is 12.7 Å². The van der Waals surface area contributed by atoms with Gasteiger partial charge in [0.25, 0.3) is 0 Å². The van der Waals surface area contributed by atoms with E-state index in [9.17, 15) is 10.2 Å². The molecule has 0 radical (unpaired) electrons. The number of phenolic OH excluding ortho intramolecular Hbond substituents is 2. The Hall–Kier alpha value is -2.01. The number of benzene rings is 1. The Balaban J connectivity index is 1.92. The molecule has 2 rings (SSSR count). The van der Waals surface area contributed by atoms with Crippen molar-refractivity contribution in [2.45, 2.75) is 20.0 Å². The first-order chi connectivity index (χ1) is 8.16. The summed E-state index contributed by atoms with van der Waals surface area (Å²) >= 11 is 0. The fourth-order valence-corrected chi connectivity index (χ4v) is 1.51. The maximum Gasteiger partial charge on any atom is 0.208 e. The molecule has 90 valence electrons. The summed E-state index contributed by atoms with van der Waals surface area (Å²) in [5.41, 5.74) is 0.633. The zero-order valence-corrected chi connectivity index (χ0v) is 9.47. The second kappa shape index (κ2) is 4.88. The van der Waals surface area contributed by atoms with Gasteiger partial charge in [-0.15, -0.1) is 0 Å². The summed E-state index contributed by atoms with van der Waals surface area (Å²) in [6, 6.07) is 4.86. The molecule has 0 saturated heterocycles. The molecule has 5 heteroatoms. The van der Waals surface area contributed by atoms with E-state index in [-0.39, 0.29) is 11.5 Å². The average molecular weight is 234 g/mol. The maximum absolute atomic E-state index is 9.57. The number of aryl methyl sites for hydroxylation is 1. The van der Waals surface area contributed by atoms with Crippen LogP contribution in [0.3, 0.4) is 0 Å². The van der Waals surface area contributed by atoms with Crippen LogP contribution in [0.25, 0.3) is 0 Å². The van der Waals surface area contributed by atoms with Crippen molar-refractivity contribution in [3.63, 3.8) is 0 Å². The van der Waals surface area contributed by atoms with E-state index in [4.69, 9.17) is 4.42 Å². The monoisotopic (exact) mass is 234 g/mol. The molecule has 0 aliphatic carbocycles. The lowest BCUT2D eigenvalue weighted by Crippen LogP contribution is -2.12. The second-order valence-corrected chi connectivity index (χ2v) is 3.75. The third-order valence-electron chi connectivity index (χ3n) is 2.36. The minimum Gasteiger partial charge on any atom is -0.504 e. The predicted molar refractivity (Wildman–Crippen MR) is 61.6 cm³/mol. The Morgan fingerprint density at radius 1 is 1.29 bits per heavy atom. The van der Waals surface area contributed by atoms with Crippen LogP contribution in [0.15, 0.2) is 28.8 Å². The number of aromatic hydroxyl groups is 2. The van der Waals surface area contributed by atoms with Crippen molar-refractivity contribution in [2.75, 3.05) is 0 Å². The normalized spacial score (nSPS) is 10.6. The smallest absolute Gasteiger partial charge is 0.208 e. The Morgan fingerprint density at radius 3 is 2.82 bits per heavy atom. The summed E-state index contributed by atoms with van der Waals surface area (Å²) in [5.74, 6) is 1.16. The quantitative estimate of drug-likeness (QED) is 0.701. The van der Waals surface area contributed by atoms with Crippen LogP contribution in [-0.4, -0.2) is 15.2 Å². The van der Waals surface area contributed by atoms with Gasteiger partial charge in [-0.05, 0) is 13.0 Å². The molecule has 0 unspecified atom stereocenters. The summed E-state index contributed by atoms with van der Waals surface area (Å²) in [4.78, 5) is 4.05. The third-order valence-corrected chi connectivity index (χ3v) is 2.36. The minimum absolute atomic E-state index is 0.0939. The summed E-state index contributed by atoms with van der Waals surface area (Å²) in [7, 11) is 0. The van der Waals surface area contributed by atoms with Crippen LogP contribution in [0.1, 0.15) is 17.2 Å². The zero-order chi connectivity index (χ0) is 12.3. The Labute approximate surface area is 98.7 Å². The van der Waals surface area contributed by atoms with Crippen molar-refractivity contribution in [3.05, 3.63) is 41.6 Å². The average Bonchev–Trinajstić information content (AvgIpc) is 2.70. The van der Waals surface area contributed by atoms with Crippen LogP contribution in [0.2, 0.25) is 0 Å². The van der Waals surface area contributed by atoms with Crippen molar-refractivity contribution >= 4 is 0 Å². The lowest BCUT2D eigenvalue weighted by atomic mass is 10.2. The third kappa shape index (κ3) is 2.76. The van der Waals surface area contributed by atoms with Crippen LogP contribution in [0.5, 0.6) is 11.5 Å². The molecule has 1 aromatic heterocycles. The summed E-state index contributed by atoms with van der Waals surface area (Å²) < 4.78 is 5.29. The topological polar surface area (TPSA) is 78.5 Å². The first-order valence-electron chi connectivity index (χ1n) is 5.28. The highest BCUT2D eigenvalue weighted by Gasteiger charge is 2.06. The number of hydrogen-bond acceptors (Lipinski definition) is 5. The number of phenols is 2. The van der Waals surface area contributed by atoms with E-state index in [1.807, 2.05) is 6.92 Å². The van der Waals surface area contributed by atoms with E-state index in [1.54, 1.807) is 18.3 Å². The standard InChI is InChI=1S/C12H14N2O3/c1-8-5-14-11(17-8)7-13-6-9-3-2-4-10(15)12(9)16/h2-5,13,15-16H,6-7H2,1H3. The molecule has 0 saturated carbocycles. The van der Waals surface area contributed by atoms with Crippen molar-refractivity contribution in [2.24, 2.45) is 0 Å². The van der Waals surface area contributed by atoms with Crippen molar-refractivity contribution in [1.82, 2.24) is 10.3 Å². The van der Waals surface area contributed by atoms with Gasteiger partial charge in [0.1, 0.15) is 5.76 Å². The van der Waals surface area contributed by atoms with Gasteiger partial charge in [0, 0.05) is 12.1 Å². The Bertz CT molecular complexity index is 508. The molecule has 0 atom stereocenters. The molecule has 0 aliphatic rings. The number of nitrogens with zero attached hydrogens (tertiary/aromatic N) is 1. The molecule has 1 heterocycles. The van der Waals surface area contributed by atoms with Gasteiger partial charge < -0.3 is 19.9 Å². The number of aromatic nitrogens is 1. The van der Waals surface area contributed by atoms with Crippen LogP contribution in [0.4, 0.5) is 0 Å². The first-order valence-corrected chi connectivity index (χ1v) is 5.28. The number of nitrogens with one attached hydrogen (secondary N) is 1. The second-order valence-electron chi connectivity index (χ2n) is 3.75. The minimum atomic E-state index is -0.115. The van der Waals surface area contributed by atoms with Crippen LogP contribution in [-0.2, 0) is 13.1 Å². The van der Waals surface area contributed by atoms with E-state index in [0.29, 0.717) is 24.5 Å². The molecule has 3 N–H and O–H groups in total. The fourth-order valence-electron chi connectivity index (χ4n) is 1.51. The van der Waals surface area contributed by atoms with Gasteiger partial charge in [-0.3, -0.25) is 0 Å². The summed E-state index contributed by atoms with van der Waals surface area (Å²) in [6.07, 6.45) is 1.66. The van der Waals surface area contributed by atoms with Gasteiger partial charge in [-0.2, -0.15) is 0 Å². The number of rotatable bonds is 4. The number of para-hydroxylation sites is 1. The fraction of sp³-hybridized carbons (Fsp3) is 0.250. The lowest BCUT2D eigenvalue weighted by Gasteiger charge is -2.06. The largest absolute Gasteiger partial charge is 0.504 e. The predicted octanol–water partition coefficient (Wildman–Crippen LogP) is 1.68. The van der Waals surface area contributed by atoms with Crippen molar-refractivity contribution in [1.29, 1.82) is 0 Å². The lowest BCUT2D eigenvalue weighted by molar-refractivity contribution is 0.396.